The molecule has 0 saturated heterocycles. The average molecular weight is 234 g/mol. The molecule has 1 aliphatic rings. The van der Waals surface area contributed by atoms with E-state index in [0.717, 1.165) is 36.8 Å². The summed E-state index contributed by atoms with van der Waals surface area (Å²) in [5.41, 5.74) is 1.91. The van der Waals surface area contributed by atoms with Gasteiger partial charge in [-0.15, -0.1) is 0 Å². The predicted octanol–water partition coefficient (Wildman–Crippen LogP) is 3.11. The lowest BCUT2D eigenvalue weighted by Crippen LogP contribution is -2.16. The molecular weight excluding hydrogens is 216 g/mol. The Morgan fingerprint density at radius 1 is 1.53 bits per heavy atom. The number of phenols is 1. The molecule has 0 saturated carbocycles. The molecule has 0 amide bonds. The molecule has 0 fully saturated rings. The zero-order valence-electron chi connectivity index (χ0n) is 10.1. The van der Waals surface area contributed by atoms with Crippen molar-refractivity contribution in [3.8, 4) is 5.75 Å². The standard InChI is InChI=1S/C14H18O3/c1-2-5-14(16)17-13-9-4-6-10-11(13)7-3-8-12(10)15/h3,7-8,13,15H,2,4-6,9H2,1H3/t13-/m1/s1. The molecule has 1 aromatic rings. The van der Waals surface area contributed by atoms with E-state index in [-0.39, 0.29) is 12.1 Å². The number of benzene rings is 1. The van der Waals surface area contributed by atoms with Gasteiger partial charge in [-0.1, -0.05) is 19.1 Å². The van der Waals surface area contributed by atoms with E-state index in [1.165, 1.54) is 0 Å². The molecule has 0 aliphatic heterocycles. The number of esters is 1. The number of aromatic hydroxyl groups is 1. The fourth-order valence-corrected chi connectivity index (χ4v) is 2.33. The predicted molar refractivity (Wildman–Crippen MR) is 64.8 cm³/mol. The largest absolute Gasteiger partial charge is 0.508 e. The van der Waals surface area contributed by atoms with E-state index in [1.54, 1.807) is 12.1 Å². The summed E-state index contributed by atoms with van der Waals surface area (Å²) in [5, 5.41) is 9.77. The van der Waals surface area contributed by atoms with Crippen LogP contribution in [0.4, 0.5) is 0 Å². The highest BCUT2D eigenvalue weighted by Gasteiger charge is 2.24. The summed E-state index contributed by atoms with van der Waals surface area (Å²) in [7, 11) is 0. The van der Waals surface area contributed by atoms with E-state index in [0.29, 0.717) is 12.2 Å². The highest BCUT2D eigenvalue weighted by molar-refractivity contribution is 5.69. The van der Waals surface area contributed by atoms with Gasteiger partial charge in [-0.3, -0.25) is 4.79 Å². The van der Waals surface area contributed by atoms with Crippen LogP contribution in [0, 0.1) is 0 Å². The number of ether oxygens (including phenoxy) is 1. The van der Waals surface area contributed by atoms with Gasteiger partial charge >= 0.3 is 5.97 Å². The summed E-state index contributed by atoms with van der Waals surface area (Å²) >= 11 is 0. The molecule has 3 nitrogen and oxygen atoms in total. The first-order chi connectivity index (χ1) is 8.22. The number of hydrogen-bond acceptors (Lipinski definition) is 3. The summed E-state index contributed by atoms with van der Waals surface area (Å²) in [4.78, 5) is 11.5. The zero-order chi connectivity index (χ0) is 12.3. The van der Waals surface area contributed by atoms with Gasteiger partial charge in [-0.25, -0.2) is 0 Å². The minimum Gasteiger partial charge on any atom is -0.508 e. The van der Waals surface area contributed by atoms with Crippen molar-refractivity contribution < 1.29 is 14.6 Å². The van der Waals surface area contributed by atoms with E-state index < -0.39 is 0 Å². The van der Waals surface area contributed by atoms with Crippen molar-refractivity contribution in [3.63, 3.8) is 0 Å². The minimum atomic E-state index is -0.176. The van der Waals surface area contributed by atoms with E-state index in [2.05, 4.69) is 0 Å². The van der Waals surface area contributed by atoms with Crippen LogP contribution < -0.4 is 0 Å². The molecule has 17 heavy (non-hydrogen) atoms. The maximum atomic E-state index is 11.5. The van der Waals surface area contributed by atoms with Crippen molar-refractivity contribution >= 4 is 5.97 Å². The zero-order valence-corrected chi connectivity index (χ0v) is 10.1. The van der Waals surface area contributed by atoms with Crippen LogP contribution in [-0.4, -0.2) is 11.1 Å². The molecule has 1 N–H and O–H groups in total. The summed E-state index contributed by atoms with van der Waals surface area (Å²) in [6, 6.07) is 5.44. The van der Waals surface area contributed by atoms with Crippen LogP contribution in [0.2, 0.25) is 0 Å². The monoisotopic (exact) mass is 234 g/mol. The lowest BCUT2D eigenvalue weighted by atomic mass is 9.89. The smallest absolute Gasteiger partial charge is 0.306 e. The second-order valence-electron chi connectivity index (χ2n) is 4.47. The Morgan fingerprint density at radius 2 is 2.35 bits per heavy atom. The Kier molecular flexibility index (Phi) is 3.67. The molecule has 0 heterocycles. The van der Waals surface area contributed by atoms with Gasteiger partial charge < -0.3 is 9.84 Å². The highest BCUT2D eigenvalue weighted by Crippen LogP contribution is 2.36. The van der Waals surface area contributed by atoms with Crippen molar-refractivity contribution in [3.05, 3.63) is 29.3 Å². The Bertz CT molecular complexity index is 412. The molecule has 1 aliphatic carbocycles. The van der Waals surface area contributed by atoms with Crippen molar-refractivity contribution in [2.45, 2.75) is 45.1 Å². The average Bonchev–Trinajstić information content (AvgIpc) is 2.31. The maximum absolute atomic E-state index is 11.5. The summed E-state index contributed by atoms with van der Waals surface area (Å²) in [6.07, 6.45) is 3.76. The molecule has 0 unspecified atom stereocenters. The maximum Gasteiger partial charge on any atom is 0.306 e. The molecule has 0 spiro atoms. The second-order valence-corrected chi connectivity index (χ2v) is 4.47. The van der Waals surface area contributed by atoms with Gasteiger partial charge in [0.15, 0.2) is 0 Å². The molecular formula is C14H18O3. The summed E-state index contributed by atoms with van der Waals surface area (Å²) in [5.74, 6) is 0.174. The number of rotatable bonds is 3. The third-order valence-electron chi connectivity index (χ3n) is 3.16. The minimum absolute atomic E-state index is 0.145. The second kappa shape index (κ2) is 5.21. The van der Waals surface area contributed by atoms with E-state index in [4.69, 9.17) is 4.74 Å². The molecule has 2 rings (SSSR count). The SMILES string of the molecule is CCCC(=O)O[C@@H]1CCCc2c(O)cccc21. The Balaban J connectivity index is 2.17. The lowest BCUT2D eigenvalue weighted by molar-refractivity contribution is -0.150. The topological polar surface area (TPSA) is 46.5 Å². The van der Waals surface area contributed by atoms with Crippen molar-refractivity contribution in [2.24, 2.45) is 0 Å². The van der Waals surface area contributed by atoms with Gasteiger partial charge in [0.05, 0.1) is 0 Å². The number of hydrogen-bond donors (Lipinski definition) is 1. The van der Waals surface area contributed by atoms with Crippen LogP contribution in [0.5, 0.6) is 5.75 Å². The number of carbonyl (C=O) groups excluding carboxylic acids is 1. The van der Waals surface area contributed by atoms with Gasteiger partial charge in [-0.2, -0.15) is 0 Å². The molecule has 0 bridgehead atoms. The van der Waals surface area contributed by atoms with Gasteiger partial charge in [0.1, 0.15) is 11.9 Å². The van der Waals surface area contributed by atoms with E-state index in [1.807, 2.05) is 13.0 Å². The molecule has 0 aromatic heterocycles. The van der Waals surface area contributed by atoms with Crippen LogP contribution in [0.15, 0.2) is 18.2 Å². The van der Waals surface area contributed by atoms with Crippen LogP contribution in [-0.2, 0) is 16.0 Å². The first-order valence-corrected chi connectivity index (χ1v) is 6.22. The Hall–Kier alpha value is -1.51. The highest BCUT2D eigenvalue weighted by atomic mass is 16.5. The van der Waals surface area contributed by atoms with Crippen molar-refractivity contribution in [1.82, 2.24) is 0 Å². The normalized spacial score (nSPS) is 18.5. The fourth-order valence-electron chi connectivity index (χ4n) is 2.33. The quantitative estimate of drug-likeness (QED) is 0.817. The molecule has 1 atom stereocenters. The molecule has 0 radical (unpaired) electrons. The van der Waals surface area contributed by atoms with Crippen LogP contribution in [0.3, 0.4) is 0 Å². The van der Waals surface area contributed by atoms with Gasteiger partial charge in [0.25, 0.3) is 0 Å². The van der Waals surface area contributed by atoms with Gasteiger partial charge in [0, 0.05) is 12.0 Å². The van der Waals surface area contributed by atoms with Gasteiger partial charge in [0.2, 0.25) is 0 Å². The third-order valence-corrected chi connectivity index (χ3v) is 3.16. The Morgan fingerprint density at radius 3 is 3.12 bits per heavy atom. The fraction of sp³-hybridized carbons (Fsp3) is 0.500. The van der Waals surface area contributed by atoms with E-state index in [9.17, 15) is 9.90 Å². The van der Waals surface area contributed by atoms with Crippen LogP contribution in [0.25, 0.3) is 0 Å². The van der Waals surface area contributed by atoms with Crippen LogP contribution in [0.1, 0.15) is 49.8 Å². The summed E-state index contributed by atoms with van der Waals surface area (Å²) in [6.45, 7) is 1.96. The van der Waals surface area contributed by atoms with E-state index >= 15 is 0 Å². The number of carbonyl (C=O) groups is 1. The Labute approximate surface area is 101 Å². The summed E-state index contributed by atoms with van der Waals surface area (Å²) < 4.78 is 5.46. The number of fused-ring (bicyclic) bond motifs is 1. The molecule has 92 valence electrons. The van der Waals surface area contributed by atoms with Crippen molar-refractivity contribution in [1.29, 1.82) is 0 Å². The van der Waals surface area contributed by atoms with Crippen LogP contribution >= 0.6 is 0 Å². The van der Waals surface area contributed by atoms with Gasteiger partial charge in [-0.05, 0) is 37.3 Å². The third kappa shape index (κ3) is 2.60. The first-order valence-electron chi connectivity index (χ1n) is 6.22. The molecule has 1 aromatic carbocycles. The number of phenolic OH excluding ortho intramolecular Hbond substituents is 1. The van der Waals surface area contributed by atoms with Crippen molar-refractivity contribution in [2.75, 3.05) is 0 Å². The molecule has 3 heteroatoms. The lowest BCUT2D eigenvalue weighted by Gasteiger charge is -2.25. The first kappa shape index (κ1) is 12.0.